The Hall–Kier alpha value is -3.93. The summed E-state index contributed by atoms with van der Waals surface area (Å²) in [6, 6.07) is 21.5. The minimum atomic E-state index is -0.180. The summed E-state index contributed by atoms with van der Waals surface area (Å²) in [5.74, 6) is 2.32. The van der Waals surface area contributed by atoms with Gasteiger partial charge < -0.3 is 15.4 Å². The van der Waals surface area contributed by atoms with Gasteiger partial charge >= 0.3 is 0 Å². The average molecular weight is 427 g/mol. The summed E-state index contributed by atoms with van der Waals surface area (Å²) in [5, 5.41) is 7.02. The minimum Gasteiger partial charge on any atom is -0.457 e. The second-order valence-electron chi connectivity index (χ2n) is 8.67. The fourth-order valence-corrected chi connectivity index (χ4v) is 3.31. The van der Waals surface area contributed by atoms with Crippen LogP contribution in [0.25, 0.3) is 10.9 Å². The molecule has 0 unspecified atom stereocenters. The first-order valence-corrected chi connectivity index (χ1v) is 10.5. The maximum absolute atomic E-state index is 11.2. The number of carbonyl (C=O) groups is 1. The Morgan fingerprint density at radius 2 is 1.72 bits per heavy atom. The molecule has 0 aliphatic rings. The molecule has 162 valence electrons. The van der Waals surface area contributed by atoms with E-state index in [-0.39, 0.29) is 11.3 Å². The number of rotatable bonds is 5. The Balaban J connectivity index is 1.52. The van der Waals surface area contributed by atoms with Gasteiger partial charge in [-0.15, -0.1) is 0 Å². The standard InChI is InChI=1S/C26H26N4O2/c1-17(31)28-25-16-22(12-13-27-25)32-21-9-10-23-18(14-21)8-11-24(30-23)29-20-7-5-6-19(15-20)26(2,3)4/h5-16H,1-4H3,(H,29,30)(H,27,28,31). The Morgan fingerprint density at radius 1 is 0.906 bits per heavy atom. The van der Waals surface area contributed by atoms with Crippen LogP contribution < -0.4 is 15.4 Å². The molecule has 0 spiro atoms. The van der Waals surface area contributed by atoms with Gasteiger partial charge in [-0.2, -0.15) is 0 Å². The van der Waals surface area contributed by atoms with Gasteiger partial charge in [0.2, 0.25) is 5.91 Å². The third kappa shape index (κ3) is 5.21. The first-order chi connectivity index (χ1) is 15.3. The van der Waals surface area contributed by atoms with Gasteiger partial charge in [-0.05, 0) is 59.5 Å². The zero-order chi connectivity index (χ0) is 22.7. The fourth-order valence-electron chi connectivity index (χ4n) is 3.31. The number of ether oxygens (including phenoxy) is 1. The summed E-state index contributed by atoms with van der Waals surface area (Å²) in [6.45, 7) is 8.04. The quantitative estimate of drug-likeness (QED) is 0.385. The number of amides is 1. The summed E-state index contributed by atoms with van der Waals surface area (Å²) < 4.78 is 5.94. The zero-order valence-corrected chi connectivity index (χ0v) is 18.6. The molecule has 2 heterocycles. The number of fused-ring (bicyclic) bond motifs is 1. The van der Waals surface area contributed by atoms with Crippen LogP contribution in [0, 0.1) is 0 Å². The highest BCUT2D eigenvalue weighted by atomic mass is 16.5. The maximum atomic E-state index is 11.2. The Labute approximate surface area is 187 Å². The van der Waals surface area contributed by atoms with Crippen molar-refractivity contribution in [2.45, 2.75) is 33.1 Å². The van der Waals surface area contributed by atoms with E-state index < -0.39 is 0 Å². The molecule has 2 aromatic heterocycles. The number of benzene rings is 2. The van der Waals surface area contributed by atoms with Crippen molar-refractivity contribution < 1.29 is 9.53 Å². The van der Waals surface area contributed by atoms with Gasteiger partial charge in [0.15, 0.2) is 0 Å². The van der Waals surface area contributed by atoms with Crippen molar-refractivity contribution in [2.24, 2.45) is 0 Å². The third-order valence-electron chi connectivity index (χ3n) is 4.93. The maximum Gasteiger partial charge on any atom is 0.222 e. The van der Waals surface area contributed by atoms with Gasteiger partial charge in [-0.25, -0.2) is 9.97 Å². The summed E-state index contributed by atoms with van der Waals surface area (Å²) in [6.07, 6.45) is 1.59. The third-order valence-corrected chi connectivity index (χ3v) is 4.93. The lowest BCUT2D eigenvalue weighted by Crippen LogP contribution is -2.11. The SMILES string of the molecule is CC(=O)Nc1cc(Oc2ccc3nc(Nc4cccc(C(C)(C)C)c4)ccc3c2)ccn1. The second kappa shape index (κ2) is 8.67. The van der Waals surface area contributed by atoms with Crippen LogP contribution in [0.15, 0.2) is 72.9 Å². The van der Waals surface area contributed by atoms with E-state index in [0.29, 0.717) is 17.3 Å². The molecule has 0 radical (unpaired) electrons. The molecule has 0 saturated heterocycles. The molecule has 4 aromatic rings. The van der Waals surface area contributed by atoms with E-state index in [0.717, 1.165) is 22.4 Å². The molecule has 6 heteroatoms. The van der Waals surface area contributed by atoms with Gasteiger partial charge in [0.05, 0.1) is 5.52 Å². The topological polar surface area (TPSA) is 76.1 Å². The molecule has 32 heavy (non-hydrogen) atoms. The van der Waals surface area contributed by atoms with Crippen molar-refractivity contribution in [3.63, 3.8) is 0 Å². The number of nitrogens with zero attached hydrogens (tertiary/aromatic N) is 2. The van der Waals surface area contributed by atoms with Crippen molar-refractivity contribution in [3.05, 3.63) is 78.5 Å². The number of anilines is 3. The first-order valence-electron chi connectivity index (χ1n) is 10.5. The van der Waals surface area contributed by atoms with Gasteiger partial charge in [-0.1, -0.05) is 32.9 Å². The van der Waals surface area contributed by atoms with E-state index in [1.165, 1.54) is 12.5 Å². The van der Waals surface area contributed by atoms with Gasteiger partial charge in [-0.3, -0.25) is 4.79 Å². The summed E-state index contributed by atoms with van der Waals surface area (Å²) in [4.78, 5) is 20.1. The highest BCUT2D eigenvalue weighted by Crippen LogP contribution is 2.29. The fraction of sp³-hybridized carbons (Fsp3) is 0.192. The number of carbonyl (C=O) groups excluding carboxylic acids is 1. The number of hydrogen-bond donors (Lipinski definition) is 2. The van der Waals surface area contributed by atoms with Crippen LogP contribution in [-0.2, 0) is 10.2 Å². The molecule has 4 rings (SSSR count). The monoisotopic (exact) mass is 426 g/mol. The molecule has 2 aromatic carbocycles. The number of pyridine rings is 2. The Kier molecular flexibility index (Phi) is 5.77. The van der Waals surface area contributed by atoms with Crippen LogP contribution in [-0.4, -0.2) is 15.9 Å². The van der Waals surface area contributed by atoms with E-state index >= 15 is 0 Å². The zero-order valence-electron chi connectivity index (χ0n) is 18.6. The van der Waals surface area contributed by atoms with E-state index in [1.54, 1.807) is 18.3 Å². The predicted octanol–water partition coefficient (Wildman–Crippen LogP) is 6.42. The minimum absolute atomic E-state index is 0.0859. The van der Waals surface area contributed by atoms with Gasteiger partial charge in [0.25, 0.3) is 0 Å². The van der Waals surface area contributed by atoms with Crippen LogP contribution in [0.3, 0.4) is 0 Å². The van der Waals surface area contributed by atoms with Crippen molar-refractivity contribution in [1.29, 1.82) is 0 Å². The molecular weight excluding hydrogens is 400 g/mol. The van der Waals surface area contributed by atoms with E-state index in [1.807, 2.05) is 36.4 Å². The van der Waals surface area contributed by atoms with Gasteiger partial charge in [0, 0.05) is 30.3 Å². The molecule has 2 N–H and O–H groups in total. The molecule has 0 bridgehead atoms. The van der Waals surface area contributed by atoms with E-state index in [4.69, 9.17) is 9.72 Å². The van der Waals surface area contributed by atoms with Crippen LogP contribution in [0.2, 0.25) is 0 Å². The second-order valence-corrected chi connectivity index (χ2v) is 8.67. The largest absolute Gasteiger partial charge is 0.457 e. The molecule has 0 fully saturated rings. The smallest absolute Gasteiger partial charge is 0.222 e. The molecular formula is C26H26N4O2. The predicted molar refractivity (Wildman–Crippen MR) is 129 cm³/mol. The van der Waals surface area contributed by atoms with E-state index in [9.17, 15) is 4.79 Å². The lowest BCUT2D eigenvalue weighted by Gasteiger charge is -2.20. The van der Waals surface area contributed by atoms with Crippen LogP contribution in [0.5, 0.6) is 11.5 Å². The molecule has 1 amide bonds. The Bertz CT molecular complexity index is 1280. The molecule has 0 aliphatic carbocycles. The van der Waals surface area contributed by atoms with Crippen LogP contribution >= 0.6 is 0 Å². The Morgan fingerprint density at radius 3 is 2.50 bits per heavy atom. The summed E-state index contributed by atoms with van der Waals surface area (Å²) in [5.41, 5.74) is 3.23. The molecule has 0 atom stereocenters. The number of aromatic nitrogens is 2. The van der Waals surface area contributed by atoms with Crippen molar-refractivity contribution in [3.8, 4) is 11.5 Å². The first kappa shape index (κ1) is 21.3. The van der Waals surface area contributed by atoms with Crippen LogP contribution in [0.1, 0.15) is 33.3 Å². The highest BCUT2D eigenvalue weighted by Gasteiger charge is 2.13. The lowest BCUT2D eigenvalue weighted by atomic mass is 9.87. The van der Waals surface area contributed by atoms with Crippen molar-refractivity contribution in [1.82, 2.24) is 9.97 Å². The number of nitrogens with one attached hydrogen (secondary N) is 2. The summed E-state index contributed by atoms with van der Waals surface area (Å²) in [7, 11) is 0. The highest BCUT2D eigenvalue weighted by molar-refractivity contribution is 5.87. The van der Waals surface area contributed by atoms with Gasteiger partial charge in [0.1, 0.15) is 23.1 Å². The van der Waals surface area contributed by atoms with Crippen molar-refractivity contribution in [2.75, 3.05) is 10.6 Å². The summed E-state index contributed by atoms with van der Waals surface area (Å²) >= 11 is 0. The molecule has 0 saturated carbocycles. The van der Waals surface area contributed by atoms with Crippen LogP contribution in [0.4, 0.5) is 17.3 Å². The normalized spacial score (nSPS) is 11.2. The van der Waals surface area contributed by atoms with Crippen molar-refractivity contribution >= 4 is 34.1 Å². The number of hydrogen-bond acceptors (Lipinski definition) is 5. The molecule has 0 aliphatic heterocycles. The average Bonchev–Trinajstić information content (AvgIpc) is 2.73. The molecule has 6 nitrogen and oxygen atoms in total. The van der Waals surface area contributed by atoms with E-state index in [2.05, 4.69) is 54.6 Å². The lowest BCUT2D eigenvalue weighted by molar-refractivity contribution is -0.114.